The molecule has 0 spiro atoms. The number of esters is 2. The molecule has 0 saturated carbocycles. The zero-order valence-corrected chi connectivity index (χ0v) is 11.8. The molecule has 0 aliphatic carbocycles. The highest BCUT2D eigenvalue weighted by atomic mass is 16.6. The number of benzene rings is 1. The van der Waals surface area contributed by atoms with Crippen molar-refractivity contribution in [3.63, 3.8) is 0 Å². The van der Waals surface area contributed by atoms with Crippen molar-refractivity contribution in [1.82, 2.24) is 0 Å². The maximum Gasteiger partial charge on any atom is 0.317 e. The van der Waals surface area contributed by atoms with E-state index in [0.29, 0.717) is 11.3 Å². The summed E-state index contributed by atoms with van der Waals surface area (Å²) in [6.07, 6.45) is 0. The van der Waals surface area contributed by atoms with E-state index in [1.165, 1.54) is 7.11 Å². The topological polar surface area (TPSA) is 78.9 Å². The first-order valence-corrected chi connectivity index (χ1v) is 6.60. The first-order chi connectivity index (χ1) is 10.1. The lowest BCUT2D eigenvalue weighted by atomic mass is 9.88. The maximum atomic E-state index is 12.4. The highest BCUT2D eigenvalue weighted by Gasteiger charge is 2.47. The fraction of sp³-hybridized carbons (Fsp3) is 0.400. The molecule has 2 rings (SSSR count). The van der Waals surface area contributed by atoms with Crippen LogP contribution in [0.3, 0.4) is 0 Å². The molecule has 0 aromatic heterocycles. The second kappa shape index (κ2) is 6.39. The van der Waals surface area contributed by atoms with Crippen LogP contribution in [0.4, 0.5) is 0 Å². The molecule has 2 atom stereocenters. The van der Waals surface area contributed by atoms with Gasteiger partial charge in [0.15, 0.2) is 5.78 Å². The van der Waals surface area contributed by atoms with E-state index in [1.54, 1.807) is 31.2 Å². The molecule has 1 aliphatic rings. The third-order valence-corrected chi connectivity index (χ3v) is 3.31. The van der Waals surface area contributed by atoms with E-state index in [0.717, 1.165) is 0 Å². The first kappa shape index (κ1) is 15.0. The Labute approximate surface area is 122 Å². The summed E-state index contributed by atoms with van der Waals surface area (Å²) in [4.78, 5) is 36.0. The van der Waals surface area contributed by atoms with Crippen LogP contribution < -0.4 is 4.74 Å². The Morgan fingerprint density at radius 2 is 1.95 bits per heavy atom. The molecule has 112 valence electrons. The monoisotopic (exact) mass is 292 g/mol. The molecule has 1 fully saturated rings. The SMILES string of the molecule is CCOC(=O)[C@H]1COC(=O)[C@@H]1C(=O)c1ccc(OC)cc1. The predicted molar refractivity (Wildman–Crippen MR) is 71.9 cm³/mol. The van der Waals surface area contributed by atoms with Crippen LogP contribution in [0.25, 0.3) is 0 Å². The van der Waals surface area contributed by atoms with Crippen LogP contribution in [0.1, 0.15) is 17.3 Å². The van der Waals surface area contributed by atoms with Gasteiger partial charge in [-0.05, 0) is 31.2 Å². The van der Waals surface area contributed by atoms with Crippen molar-refractivity contribution < 1.29 is 28.6 Å². The van der Waals surface area contributed by atoms with Crippen LogP contribution in [-0.2, 0) is 19.1 Å². The van der Waals surface area contributed by atoms with Crippen LogP contribution >= 0.6 is 0 Å². The van der Waals surface area contributed by atoms with E-state index in [4.69, 9.17) is 14.2 Å². The highest BCUT2D eigenvalue weighted by Crippen LogP contribution is 2.28. The van der Waals surface area contributed by atoms with E-state index in [9.17, 15) is 14.4 Å². The van der Waals surface area contributed by atoms with E-state index >= 15 is 0 Å². The summed E-state index contributed by atoms with van der Waals surface area (Å²) in [6, 6.07) is 6.34. The van der Waals surface area contributed by atoms with Crippen molar-refractivity contribution in [3.05, 3.63) is 29.8 Å². The summed E-state index contributed by atoms with van der Waals surface area (Å²) in [5.41, 5.74) is 0.328. The average molecular weight is 292 g/mol. The molecule has 0 bridgehead atoms. The molecule has 1 saturated heterocycles. The van der Waals surface area contributed by atoms with Crippen LogP contribution in [0.15, 0.2) is 24.3 Å². The molecule has 1 heterocycles. The summed E-state index contributed by atoms with van der Waals surface area (Å²) in [5.74, 6) is -3.14. The number of carbonyl (C=O) groups is 3. The van der Waals surface area contributed by atoms with Crippen LogP contribution in [0.2, 0.25) is 0 Å². The Hall–Kier alpha value is -2.37. The van der Waals surface area contributed by atoms with Crippen LogP contribution in [-0.4, -0.2) is 38.0 Å². The fourth-order valence-electron chi connectivity index (χ4n) is 2.20. The molecule has 21 heavy (non-hydrogen) atoms. The normalized spacial score (nSPS) is 20.8. The largest absolute Gasteiger partial charge is 0.497 e. The minimum Gasteiger partial charge on any atom is -0.497 e. The van der Waals surface area contributed by atoms with Gasteiger partial charge in [-0.3, -0.25) is 14.4 Å². The number of carbonyl (C=O) groups excluding carboxylic acids is 3. The third-order valence-electron chi connectivity index (χ3n) is 3.31. The van der Waals surface area contributed by atoms with E-state index < -0.39 is 29.6 Å². The second-order valence-corrected chi connectivity index (χ2v) is 4.56. The Morgan fingerprint density at radius 3 is 2.52 bits per heavy atom. The van der Waals surface area contributed by atoms with Gasteiger partial charge in [0.2, 0.25) is 0 Å². The van der Waals surface area contributed by atoms with Gasteiger partial charge in [-0.15, -0.1) is 0 Å². The average Bonchev–Trinajstić information content (AvgIpc) is 2.88. The number of hydrogen-bond acceptors (Lipinski definition) is 6. The Kier molecular flexibility index (Phi) is 4.57. The standard InChI is InChI=1S/C15H16O6/c1-3-20-14(17)11-8-21-15(18)12(11)13(16)9-4-6-10(19-2)7-5-9/h4-7,11-12H,3,8H2,1-2H3/t11-,12-/m0/s1. The molecular weight excluding hydrogens is 276 g/mol. The second-order valence-electron chi connectivity index (χ2n) is 4.56. The lowest BCUT2D eigenvalue weighted by molar-refractivity contribution is -0.149. The lowest BCUT2D eigenvalue weighted by Gasteiger charge is -2.13. The third kappa shape index (κ3) is 3.04. The first-order valence-electron chi connectivity index (χ1n) is 6.60. The molecule has 6 nitrogen and oxygen atoms in total. The number of ketones is 1. The van der Waals surface area contributed by atoms with Crippen molar-refractivity contribution >= 4 is 17.7 Å². The Morgan fingerprint density at radius 1 is 1.29 bits per heavy atom. The van der Waals surface area contributed by atoms with E-state index in [2.05, 4.69) is 0 Å². The number of methoxy groups -OCH3 is 1. The van der Waals surface area contributed by atoms with Crippen molar-refractivity contribution in [2.45, 2.75) is 6.92 Å². The van der Waals surface area contributed by atoms with Gasteiger partial charge < -0.3 is 14.2 Å². The van der Waals surface area contributed by atoms with E-state index in [1.807, 2.05) is 0 Å². The summed E-state index contributed by atoms with van der Waals surface area (Å²) in [5, 5.41) is 0. The van der Waals surface area contributed by atoms with Gasteiger partial charge in [0.05, 0.1) is 13.7 Å². The van der Waals surface area contributed by atoms with Gasteiger partial charge in [-0.1, -0.05) is 0 Å². The molecule has 0 N–H and O–H groups in total. The molecule has 1 aliphatic heterocycles. The van der Waals surface area contributed by atoms with Gasteiger partial charge in [0.1, 0.15) is 24.2 Å². The summed E-state index contributed by atoms with van der Waals surface area (Å²) in [6.45, 7) is 1.73. The number of rotatable bonds is 5. The van der Waals surface area contributed by atoms with Crippen molar-refractivity contribution in [3.8, 4) is 5.75 Å². The van der Waals surface area contributed by atoms with Gasteiger partial charge in [0.25, 0.3) is 0 Å². The van der Waals surface area contributed by atoms with Gasteiger partial charge in [-0.25, -0.2) is 0 Å². The van der Waals surface area contributed by atoms with Gasteiger partial charge in [0, 0.05) is 5.56 Å². The minimum absolute atomic E-state index is 0.121. The van der Waals surface area contributed by atoms with Crippen LogP contribution in [0.5, 0.6) is 5.75 Å². The quantitative estimate of drug-likeness (QED) is 0.461. The van der Waals surface area contributed by atoms with Gasteiger partial charge in [-0.2, -0.15) is 0 Å². The summed E-state index contributed by atoms with van der Waals surface area (Å²) >= 11 is 0. The molecule has 0 unspecified atom stereocenters. The maximum absolute atomic E-state index is 12.4. The smallest absolute Gasteiger partial charge is 0.317 e. The lowest BCUT2D eigenvalue weighted by Crippen LogP contribution is -2.32. The predicted octanol–water partition coefficient (Wildman–Crippen LogP) is 1.23. The van der Waals surface area contributed by atoms with E-state index in [-0.39, 0.29) is 13.2 Å². The summed E-state index contributed by atoms with van der Waals surface area (Å²) in [7, 11) is 1.52. The number of hydrogen-bond donors (Lipinski definition) is 0. The molecule has 1 aromatic rings. The van der Waals surface area contributed by atoms with Crippen molar-refractivity contribution in [2.75, 3.05) is 20.3 Å². The van der Waals surface area contributed by atoms with Crippen molar-refractivity contribution in [2.24, 2.45) is 11.8 Å². The number of ether oxygens (including phenoxy) is 3. The molecule has 0 radical (unpaired) electrons. The molecule has 6 heteroatoms. The molecule has 0 amide bonds. The number of Topliss-reactive ketones (excluding diaryl/α,β-unsaturated/α-hetero) is 1. The Balaban J connectivity index is 2.21. The van der Waals surface area contributed by atoms with Gasteiger partial charge >= 0.3 is 11.9 Å². The Bertz CT molecular complexity index is 548. The summed E-state index contributed by atoms with van der Waals surface area (Å²) < 4.78 is 14.7. The zero-order chi connectivity index (χ0) is 15.4. The zero-order valence-electron chi connectivity index (χ0n) is 11.8. The van der Waals surface area contributed by atoms with Crippen LogP contribution in [0, 0.1) is 11.8 Å². The molecule has 1 aromatic carbocycles. The van der Waals surface area contributed by atoms with Crippen molar-refractivity contribution in [1.29, 1.82) is 0 Å². The number of cyclic esters (lactones) is 1. The minimum atomic E-state index is -1.14. The molecular formula is C15H16O6. The highest BCUT2D eigenvalue weighted by molar-refractivity contribution is 6.11. The fourth-order valence-corrected chi connectivity index (χ4v) is 2.20.